The molecular formula is C21H27ClN4O2. The summed E-state index contributed by atoms with van der Waals surface area (Å²) in [5.41, 5.74) is 2.01. The second kappa shape index (κ2) is 8.37. The Bertz CT molecular complexity index is 820. The molecule has 1 aromatic heterocycles. The van der Waals surface area contributed by atoms with Gasteiger partial charge < -0.3 is 20.2 Å². The molecular weight excluding hydrogens is 376 g/mol. The Morgan fingerprint density at radius 2 is 1.96 bits per heavy atom. The molecule has 3 rings (SSSR count). The molecule has 2 amide bonds. The van der Waals surface area contributed by atoms with Gasteiger partial charge in [-0.15, -0.1) is 0 Å². The van der Waals surface area contributed by atoms with Crippen LogP contribution in [0.25, 0.3) is 0 Å². The molecule has 2 heterocycles. The zero-order chi connectivity index (χ0) is 20.3. The monoisotopic (exact) mass is 402 g/mol. The minimum Gasteiger partial charge on any atom is -0.394 e. The molecule has 1 aliphatic heterocycles. The highest BCUT2D eigenvalue weighted by Gasteiger charge is 2.31. The minimum absolute atomic E-state index is 0.0631. The number of aromatic nitrogens is 1. The van der Waals surface area contributed by atoms with Crippen LogP contribution in [-0.2, 0) is 5.41 Å². The fourth-order valence-electron chi connectivity index (χ4n) is 3.33. The summed E-state index contributed by atoms with van der Waals surface area (Å²) in [6, 6.07) is 10.9. The number of piperazine rings is 1. The maximum Gasteiger partial charge on any atom is 0.322 e. The van der Waals surface area contributed by atoms with Crippen LogP contribution in [-0.4, -0.2) is 53.3 Å². The first-order valence-electron chi connectivity index (χ1n) is 9.44. The third-order valence-corrected chi connectivity index (χ3v) is 5.29. The van der Waals surface area contributed by atoms with Gasteiger partial charge in [0, 0.05) is 31.5 Å². The number of amides is 2. The number of nitrogens with zero attached hydrogens (tertiary/aromatic N) is 3. The number of hydrogen-bond donors (Lipinski definition) is 2. The number of carbonyl (C=O) groups excluding carboxylic acids is 1. The molecule has 0 spiro atoms. The lowest BCUT2D eigenvalue weighted by Crippen LogP contribution is -2.58. The molecule has 0 radical (unpaired) electrons. The summed E-state index contributed by atoms with van der Waals surface area (Å²) in [5, 5.41) is 13.3. The van der Waals surface area contributed by atoms with E-state index in [4.69, 9.17) is 11.6 Å². The van der Waals surface area contributed by atoms with Gasteiger partial charge in [-0.1, -0.05) is 44.5 Å². The number of halogens is 1. The summed E-state index contributed by atoms with van der Waals surface area (Å²) >= 11 is 6.24. The standard InChI is InChI=1S/C21H27ClN4O2/c1-21(2,3)15-6-8-16(9-7-15)24-20(28)26-12-11-25(13-17(26)14-27)19-18(22)5-4-10-23-19/h4-10,17,27H,11-14H2,1-3H3,(H,24,28)/t17-/m1/s1. The van der Waals surface area contributed by atoms with Gasteiger partial charge in [0.15, 0.2) is 0 Å². The van der Waals surface area contributed by atoms with Crippen molar-refractivity contribution in [1.29, 1.82) is 0 Å². The zero-order valence-corrected chi connectivity index (χ0v) is 17.3. The number of rotatable bonds is 3. The highest BCUT2D eigenvalue weighted by molar-refractivity contribution is 6.32. The third-order valence-electron chi connectivity index (χ3n) is 5.00. The van der Waals surface area contributed by atoms with Crippen molar-refractivity contribution in [2.75, 3.05) is 36.5 Å². The molecule has 0 aliphatic carbocycles. The van der Waals surface area contributed by atoms with Gasteiger partial charge in [0.2, 0.25) is 0 Å². The van der Waals surface area contributed by atoms with Gasteiger partial charge in [0.25, 0.3) is 0 Å². The molecule has 1 atom stereocenters. The predicted molar refractivity (Wildman–Crippen MR) is 113 cm³/mol. The largest absolute Gasteiger partial charge is 0.394 e. The van der Waals surface area contributed by atoms with E-state index in [1.165, 1.54) is 5.56 Å². The van der Waals surface area contributed by atoms with Gasteiger partial charge in [0.05, 0.1) is 17.7 Å². The van der Waals surface area contributed by atoms with E-state index in [2.05, 4.69) is 31.1 Å². The topological polar surface area (TPSA) is 68.7 Å². The average molecular weight is 403 g/mol. The number of hydrogen-bond acceptors (Lipinski definition) is 4. The van der Waals surface area contributed by atoms with Gasteiger partial charge in [-0.2, -0.15) is 0 Å². The second-order valence-corrected chi connectivity index (χ2v) is 8.45. The SMILES string of the molecule is CC(C)(C)c1ccc(NC(=O)N2CCN(c3ncccc3Cl)C[C@@H]2CO)cc1. The van der Waals surface area contributed by atoms with E-state index in [1.807, 2.05) is 29.2 Å². The maximum absolute atomic E-state index is 12.8. The summed E-state index contributed by atoms with van der Waals surface area (Å²) < 4.78 is 0. The number of benzene rings is 1. The fourth-order valence-corrected chi connectivity index (χ4v) is 3.57. The molecule has 28 heavy (non-hydrogen) atoms. The Morgan fingerprint density at radius 1 is 1.25 bits per heavy atom. The number of aliphatic hydroxyl groups excluding tert-OH is 1. The van der Waals surface area contributed by atoms with Crippen LogP contribution in [0.5, 0.6) is 0 Å². The van der Waals surface area contributed by atoms with Crippen molar-refractivity contribution in [2.45, 2.75) is 32.2 Å². The van der Waals surface area contributed by atoms with Crippen molar-refractivity contribution >= 4 is 29.1 Å². The van der Waals surface area contributed by atoms with Crippen LogP contribution in [0.15, 0.2) is 42.6 Å². The van der Waals surface area contributed by atoms with E-state index in [-0.39, 0.29) is 24.1 Å². The molecule has 0 bridgehead atoms. The maximum atomic E-state index is 12.8. The van der Waals surface area contributed by atoms with Crippen molar-refractivity contribution in [2.24, 2.45) is 0 Å². The molecule has 1 fully saturated rings. The third kappa shape index (κ3) is 4.56. The summed E-state index contributed by atoms with van der Waals surface area (Å²) in [4.78, 5) is 20.8. The Morgan fingerprint density at radius 3 is 2.57 bits per heavy atom. The van der Waals surface area contributed by atoms with Crippen LogP contribution < -0.4 is 10.2 Å². The summed E-state index contributed by atoms with van der Waals surface area (Å²) in [7, 11) is 0. The Kier molecular flexibility index (Phi) is 6.10. The fraction of sp³-hybridized carbons (Fsp3) is 0.429. The summed E-state index contributed by atoms with van der Waals surface area (Å²) in [6.45, 7) is 7.88. The molecule has 0 unspecified atom stereocenters. The molecule has 2 N–H and O–H groups in total. The zero-order valence-electron chi connectivity index (χ0n) is 16.5. The van der Waals surface area contributed by atoms with Crippen LogP contribution in [0.3, 0.4) is 0 Å². The quantitative estimate of drug-likeness (QED) is 0.820. The van der Waals surface area contributed by atoms with Crippen LogP contribution in [0.1, 0.15) is 26.3 Å². The van der Waals surface area contributed by atoms with E-state index in [0.29, 0.717) is 30.5 Å². The number of urea groups is 1. The highest BCUT2D eigenvalue weighted by atomic mass is 35.5. The van der Waals surface area contributed by atoms with E-state index in [1.54, 1.807) is 23.2 Å². The van der Waals surface area contributed by atoms with Crippen LogP contribution in [0, 0.1) is 0 Å². The summed E-state index contributed by atoms with van der Waals surface area (Å²) in [6.07, 6.45) is 1.69. The first-order valence-corrected chi connectivity index (χ1v) is 9.82. The lowest BCUT2D eigenvalue weighted by molar-refractivity contribution is 0.132. The number of aliphatic hydroxyl groups is 1. The smallest absolute Gasteiger partial charge is 0.322 e. The van der Waals surface area contributed by atoms with Crippen molar-refractivity contribution < 1.29 is 9.90 Å². The molecule has 0 saturated carbocycles. The molecule has 1 aliphatic rings. The molecule has 1 aromatic carbocycles. The predicted octanol–water partition coefficient (Wildman–Crippen LogP) is 3.75. The molecule has 150 valence electrons. The second-order valence-electron chi connectivity index (χ2n) is 8.04. The van der Waals surface area contributed by atoms with Gasteiger partial charge in [-0.3, -0.25) is 0 Å². The van der Waals surface area contributed by atoms with Crippen molar-refractivity contribution in [3.8, 4) is 0 Å². The van der Waals surface area contributed by atoms with E-state index >= 15 is 0 Å². The van der Waals surface area contributed by atoms with Crippen molar-refractivity contribution in [3.05, 3.63) is 53.2 Å². The highest BCUT2D eigenvalue weighted by Crippen LogP contribution is 2.26. The lowest BCUT2D eigenvalue weighted by atomic mass is 9.87. The van der Waals surface area contributed by atoms with Crippen LogP contribution >= 0.6 is 11.6 Å². The van der Waals surface area contributed by atoms with Gasteiger partial charge in [-0.25, -0.2) is 9.78 Å². The number of pyridine rings is 1. The lowest BCUT2D eigenvalue weighted by Gasteiger charge is -2.41. The average Bonchev–Trinajstić information content (AvgIpc) is 2.67. The Labute approximate surface area is 171 Å². The first kappa shape index (κ1) is 20.4. The first-order chi connectivity index (χ1) is 13.3. The van der Waals surface area contributed by atoms with Crippen molar-refractivity contribution in [1.82, 2.24) is 9.88 Å². The van der Waals surface area contributed by atoms with Gasteiger partial charge in [-0.05, 0) is 35.2 Å². The van der Waals surface area contributed by atoms with Gasteiger partial charge >= 0.3 is 6.03 Å². The van der Waals surface area contributed by atoms with E-state index in [9.17, 15) is 9.90 Å². The Balaban J connectivity index is 1.66. The number of carbonyl (C=O) groups is 1. The number of anilines is 2. The van der Waals surface area contributed by atoms with Crippen molar-refractivity contribution in [3.63, 3.8) is 0 Å². The van der Waals surface area contributed by atoms with E-state index < -0.39 is 0 Å². The number of nitrogens with one attached hydrogen (secondary N) is 1. The Hall–Kier alpha value is -2.31. The van der Waals surface area contributed by atoms with E-state index in [0.717, 1.165) is 5.69 Å². The normalized spacial score (nSPS) is 17.5. The molecule has 2 aromatic rings. The van der Waals surface area contributed by atoms with Crippen LogP contribution in [0.2, 0.25) is 5.02 Å². The van der Waals surface area contributed by atoms with Crippen LogP contribution in [0.4, 0.5) is 16.3 Å². The molecule has 1 saturated heterocycles. The summed E-state index contributed by atoms with van der Waals surface area (Å²) in [5.74, 6) is 0.681. The minimum atomic E-state index is -0.333. The van der Waals surface area contributed by atoms with Gasteiger partial charge in [0.1, 0.15) is 5.82 Å². The molecule has 6 nitrogen and oxygen atoms in total. The molecule has 7 heteroatoms.